The molecule has 1 atom stereocenters. The molecule has 0 unspecified atom stereocenters. The van der Waals surface area contributed by atoms with E-state index in [1.807, 2.05) is 0 Å². The quantitative estimate of drug-likeness (QED) is 0.547. The highest BCUT2D eigenvalue weighted by Gasteiger charge is 2.40. The van der Waals surface area contributed by atoms with Gasteiger partial charge in [0.2, 0.25) is 5.95 Å². The van der Waals surface area contributed by atoms with Crippen LogP contribution in [0.3, 0.4) is 0 Å². The molecular formula is C7H5F4NO. The van der Waals surface area contributed by atoms with Crippen LogP contribution < -0.4 is 0 Å². The third-order valence-corrected chi connectivity index (χ3v) is 1.39. The Kier molecular flexibility index (Phi) is 2.51. The SMILES string of the molecule is O[C@@H](c1cccnc1F)C(F)(F)F. The topological polar surface area (TPSA) is 33.1 Å². The Bertz CT molecular complexity index is 299. The van der Waals surface area contributed by atoms with Gasteiger partial charge in [0.25, 0.3) is 0 Å². The summed E-state index contributed by atoms with van der Waals surface area (Å²) < 4.78 is 48.2. The van der Waals surface area contributed by atoms with Crippen LogP contribution in [0, 0.1) is 5.95 Å². The summed E-state index contributed by atoms with van der Waals surface area (Å²) in [5.74, 6) is -1.31. The minimum absolute atomic E-state index is 0.834. The molecule has 0 spiro atoms. The van der Waals surface area contributed by atoms with E-state index in [-0.39, 0.29) is 0 Å². The molecule has 6 heteroatoms. The monoisotopic (exact) mass is 195 g/mol. The van der Waals surface area contributed by atoms with Crippen molar-refractivity contribution in [2.24, 2.45) is 0 Å². The van der Waals surface area contributed by atoms with E-state index in [1.54, 1.807) is 0 Å². The van der Waals surface area contributed by atoms with Crippen molar-refractivity contribution in [3.05, 3.63) is 29.8 Å². The summed E-state index contributed by atoms with van der Waals surface area (Å²) in [4.78, 5) is 2.99. The summed E-state index contributed by atoms with van der Waals surface area (Å²) in [7, 11) is 0. The summed E-state index contributed by atoms with van der Waals surface area (Å²) in [6, 6.07) is 1.95. The lowest BCUT2D eigenvalue weighted by Crippen LogP contribution is -2.21. The zero-order valence-corrected chi connectivity index (χ0v) is 6.22. The maximum absolute atomic E-state index is 12.6. The van der Waals surface area contributed by atoms with E-state index in [4.69, 9.17) is 5.11 Å². The lowest BCUT2D eigenvalue weighted by molar-refractivity contribution is -0.207. The fourth-order valence-electron chi connectivity index (χ4n) is 0.779. The summed E-state index contributed by atoms with van der Waals surface area (Å²) in [5, 5.41) is 8.63. The molecule has 0 fully saturated rings. The predicted octanol–water partition coefficient (Wildman–Crippen LogP) is 1.82. The fraction of sp³-hybridized carbons (Fsp3) is 0.286. The van der Waals surface area contributed by atoms with Crippen LogP contribution in [0.25, 0.3) is 0 Å². The number of pyridine rings is 1. The largest absolute Gasteiger partial charge is 0.418 e. The Morgan fingerprint density at radius 2 is 2.00 bits per heavy atom. The van der Waals surface area contributed by atoms with Crippen LogP contribution in [0.1, 0.15) is 11.7 Å². The highest BCUT2D eigenvalue weighted by molar-refractivity contribution is 5.15. The van der Waals surface area contributed by atoms with E-state index in [1.165, 1.54) is 0 Å². The number of aliphatic hydroxyl groups is 1. The van der Waals surface area contributed by atoms with E-state index in [0.717, 1.165) is 18.3 Å². The number of alkyl halides is 3. The second-order valence-electron chi connectivity index (χ2n) is 2.33. The second kappa shape index (κ2) is 3.29. The number of aromatic nitrogens is 1. The number of rotatable bonds is 1. The van der Waals surface area contributed by atoms with E-state index in [0.29, 0.717) is 0 Å². The van der Waals surface area contributed by atoms with Gasteiger partial charge in [0.15, 0.2) is 6.10 Å². The van der Waals surface area contributed by atoms with Crippen molar-refractivity contribution in [1.29, 1.82) is 0 Å². The normalized spacial score (nSPS) is 14.2. The molecular weight excluding hydrogens is 190 g/mol. The molecule has 1 aromatic rings. The summed E-state index contributed by atoms with van der Waals surface area (Å²) in [6.45, 7) is 0. The van der Waals surface area contributed by atoms with Crippen molar-refractivity contribution in [1.82, 2.24) is 4.98 Å². The molecule has 0 saturated heterocycles. The first kappa shape index (κ1) is 9.91. The molecule has 0 aliphatic carbocycles. The predicted molar refractivity (Wildman–Crippen MR) is 35.2 cm³/mol. The molecule has 0 aliphatic rings. The molecule has 1 rings (SSSR count). The van der Waals surface area contributed by atoms with Crippen molar-refractivity contribution in [2.75, 3.05) is 0 Å². The number of aliphatic hydroxyl groups excluding tert-OH is 1. The first-order valence-corrected chi connectivity index (χ1v) is 3.28. The van der Waals surface area contributed by atoms with Gasteiger partial charge in [-0.2, -0.15) is 17.6 Å². The van der Waals surface area contributed by atoms with Crippen LogP contribution >= 0.6 is 0 Å². The summed E-state index contributed by atoms with van der Waals surface area (Å²) in [5.41, 5.74) is -0.866. The number of halogens is 4. The molecule has 0 amide bonds. The number of hydrogen-bond acceptors (Lipinski definition) is 2. The van der Waals surface area contributed by atoms with Crippen LogP contribution in [0.15, 0.2) is 18.3 Å². The van der Waals surface area contributed by atoms with Crippen LogP contribution in [-0.2, 0) is 0 Å². The van der Waals surface area contributed by atoms with E-state index >= 15 is 0 Å². The van der Waals surface area contributed by atoms with Crippen LogP contribution in [-0.4, -0.2) is 16.3 Å². The van der Waals surface area contributed by atoms with Gasteiger partial charge in [0, 0.05) is 11.8 Å². The molecule has 0 bridgehead atoms. The van der Waals surface area contributed by atoms with Crippen LogP contribution in [0.2, 0.25) is 0 Å². The smallest absolute Gasteiger partial charge is 0.379 e. The summed E-state index contributed by atoms with van der Waals surface area (Å²) >= 11 is 0. The number of hydrogen-bond donors (Lipinski definition) is 1. The molecule has 2 nitrogen and oxygen atoms in total. The highest BCUT2D eigenvalue weighted by atomic mass is 19.4. The van der Waals surface area contributed by atoms with Gasteiger partial charge in [0.05, 0.1) is 0 Å². The summed E-state index contributed by atoms with van der Waals surface area (Å²) in [6.07, 6.45) is -6.69. The van der Waals surface area contributed by atoms with Gasteiger partial charge in [-0.1, -0.05) is 0 Å². The van der Waals surface area contributed by atoms with Crippen molar-refractivity contribution in [3.8, 4) is 0 Å². The molecule has 13 heavy (non-hydrogen) atoms. The zero-order valence-electron chi connectivity index (χ0n) is 6.22. The molecule has 0 saturated carbocycles. The van der Waals surface area contributed by atoms with Crippen LogP contribution in [0.5, 0.6) is 0 Å². The maximum atomic E-state index is 12.6. The highest BCUT2D eigenvalue weighted by Crippen LogP contribution is 2.32. The van der Waals surface area contributed by atoms with Gasteiger partial charge in [-0.05, 0) is 12.1 Å². The van der Waals surface area contributed by atoms with Crippen LogP contribution in [0.4, 0.5) is 17.6 Å². The first-order valence-electron chi connectivity index (χ1n) is 3.28. The van der Waals surface area contributed by atoms with Crippen molar-refractivity contribution < 1.29 is 22.7 Å². The van der Waals surface area contributed by atoms with E-state index in [9.17, 15) is 17.6 Å². The first-order chi connectivity index (χ1) is 5.93. The molecule has 1 N–H and O–H groups in total. The Morgan fingerprint density at radius 3 is 2.46 bits per heavy atom. The minimum Gasteiger partial charge on any atom is -0.379 e. The van der Waals surface area contributed by atoms with Gasteiger partial charge < -0.3 is 5.11 Å². The van der Waals surface area contributed by atoms with Gasteiger partial charge in [-0.3, -0.25) is 0 Å². The van der Waals surface area contributed by atoms with Gasteiger partial charge in [-0.15, -0.1) is 0 Å². The van der Waals surface area contributed by atoms with Gasteiger partial charge >= 0.3 is 6.18 Å². The van der Waals surface area contributed by atoms with Gasteiger partial charge in [0.1, 0.15) is 0 Å². The maximum Gasteiger partial charge on any atom is 0.418 e. The molecule has 0 aromatic carbocycles. The third kappa shape index (κ3) is 2.15. The Hall–Kier alpha value is -1.17. The van der Waals surface area contributed by atoms with Gasteiger partial charge in [-0.25, -0.2) is 4.98 Å². The zero-order chi connectivity index (χ0) is 10.1. The average molecular weight is 195 g/mol. The van der Waals surface area contributed by atoms with Crippen molar-refractivity contribution in [2.45, 2.75) is 12.3 Å². The van der Waals surface area contributed by atoms with Crippen molar-refractivity contribution in [3.63, 3.8) is 0 Å². The van der Waals surface area contributed by atoms with E-state index < -0.39 is 23.8 Å². The molecule has 72 valence electrons. The molecule has 0 aliphatic heterocycles. The lowest BCUT2D eigenvalue weighted by Gasteiger charge is -2.14. The average Bonchev–Trinajstić information content (AvgIpc) is 2.02. The van der Waals surface area contributed by atoms with Crippen molar-refractivity contribution >= 4 is 0 Å². The molecule has 1 heterocycles. The number of nitrogens with zero attached hydrogens (tertiary/aromatic N) is 1. The Morgan fingerprint density at radius 1 is 1.38 bits per heavy atom. The third-order valence-electron chi connectivity index (χ3n) is 1.39. The Balaban J connectivity index is 3.02. The molecule has 0 radical (unpaired) electrons. The molecule has 1 aromatic heterocycles. The Labute approximate surface area is 70.8 Å². The minimum atomic E-state index is -4.87. The fourth-order valence-corrected chi connectivity index (χ4v) is 0.779. The standard InChI is InChI=1S/C7H5F4NO/c8-6-4(2-1-3-12-6)5(13)7(9,10)11/h1-3,5,13H/t5-/m0/s1. The lowest BCUT2D eigenvalue weighted by atomic mass is 10.1. The van der Waals surface area contributed by atoms with E-state index in [2.05, 4.69) is 4.98 Å². The second-order valence-corrected chi connectivity index (χ2v) is 2.33.